The molecule has 0 unspecified atom stereocenters. The monoisotopic (exact) mass is 658 g/mol. The van der Waals surface area contributed by atoms with E-state index >= 15 is 0 Å². The van der Waals surface area contributed by atoms with Crippen molar-refractivity contribution < 1.29 is 30.5 Å². The van der Waals surface area contributed by atoms with E-state index < -0.39 is 26.0 Å². The molecule has 8 nitrogen and oxygen atoms in total. The lowest BCUT2D eigenvalue weighted by Gasteiger charge is -2.19. The van der Waals surface area contributed by atoms with Crippen LogP contribution in [0.4, 0.5) is 5.69 Å². The molecule has 3 heterocycles. The van der Waals surface area contributed by atoms with Crippen LogP contribution in [0.5, 0.6) is 0 Å². The zero-order chi connectivity index (χ0) is 25.4. The molecule has 0 atom stereocenters. The van der Waals surface area contributed by atoms with Gasteiger partial charge in [-0.25, -0.2) is 8.42 Å². The van der Waals surface area contributed by atoms with E-state index in [1.165, 1.54) is 0 Å². The highest BCUT2D eigenvalue weighted by molar-refractivity contribution is 9.11. The summed E-state index contributed by atoms with van der Waals surface area (Å²) >= 11 is 14.5. The van der Waals surface area contributed by atoms with Gasteiger partial charge in [-0.1, -0.05) is 34.7 Å². The van der Waals surface area contributed by atoms with Gasteiger partial charge in [-0.05, 0) is 47.0 Å². The topological polar surface area (TPSA) is 119 Å². The Morgan fingerprint density at radius 1 is 1.11 bits per heavy atom. The van der Waals surface area contributed by atoms with Crippen LogP contribution < -0.4 is 9.47 Å². The van der Waals surface area contributed by atoms with Crippen molar-refractivity contribution in [2.24, 2.45) is 0 Å². The average molecular weight is 660 g/mol. The Morgan fingerprint density at radius 2 is 1.89 bits per heavy atom. The van der Waals surface area contributed by atoms with Crippen LogP contribution in [0, 0.1) is 0 Å². The molecule has 0 spiro atoms. The van der Waals surface area contributed by atoms with Gasteiger partial charge in [0.2, 0.25) is 5.52 Å². The number of halogens is 2. The molecule has 0 saturated heterocycles. The molecule has 1 aliphatic heterocycles. The third kappa shape index (κ3) is 7.20. The molecule has 0 bridgehead atoms. The van der Waals surface area contributed by atoms with Crippen molar-refractivity contribution in [3.63, 3.8) is 0 Å². The molecule has 35 heavy (non-hydrogen) atoms. The third-order valence-corrected chi connectivity index (χ3v) is 11.0. The number of hydrogen-bond acceptors (Lipinski definition) is 9. The predicted molar refractivity (Wildman–Crippen MR) is 145 cm³/mol. The smallest absolute Gasteiger partial charge is 0.265 e. The van der Waals surface area contributed by atoms with E-state index in [-0.39, 0.29) is 18.6 Å². The second-order valence-electron chi connectivity index (χ2n) is 7.77. The summed E-state index contributed by atoms with van der Waals surface area (Å²) in [6, 6.07) is 7.60. The normalized spacial score (nSPS) is 15.4. The Labute approximate surface area is 229 Å². The number of hydrogen-bond donors (Lipinski definition) is 1. The minimum atomic E-state index is -4.26. The zero-order valence-electron chi connectivity index (χ0n) is 18.0. The van der Waals surface area contributed by atoms with Gasteiger partial charge >= 0.3 is 0 Å². The number of fused-ring (bicyclic) bond motifs is 2. The van der Waals surface area contributed by atoms with Gasteiger partial charge < -0.3 is 9.45 Å². The molecule has 15 heteroatoms. The minimum absolute atomic E-state index is 0.259. The van der Waals surface area contributed by atoms with Crippen molar-refractivity contribution in [2.75, 3.05) is 23.0 Å². The lowest BCUT2D eigenvalue weighted by Crippen LogP contribution is -2.35. The van der Waals surface area contributed by atoms with E-state index in [0.717, 1.165) is 33.9 Å². The molecule has 190 valence electrons. The fraction of sp³-hybridized carbons (Fsp3) is 0.350. The lowest BCUT2D eigenvalue weighted by molar-refractivity contribution is -0.669. The van der Waals surface area contributed by atoms with Gasteiger partial charge in [0.15, 0.2) is 6.54 Å². The van der Waals surface area contributed by atoms with Crippen molar-refractivity contribution in [2.45, 2.75) is 30.0 Å². The van der Waals surface area contributed by atoms with Crippen molar-refractivity contribution in [1.29, 1.82) is 0 Å². The molecule has 0 saturated carbocycles. The van der Waals surface area contributed by atoms with Crippen LogP contribution in [0.25, 0.3) is 16.3 Å². The summed E-state index contributed by atoms with van der Waals surface area (Å²) in [6.07, 6.45) is 3.05. The molecule has 0 aliphatic carbocycles. The van der Waals surface area contributed by atoms with Gasteiger partial charge in [0.05, 0.1) is 40.7 Å². The van der Waals surface area contributed by atoms with E-state index in [4.69, 9.17) is 16.2 Å². The first-order chi connectivity index (χ1) is 16.4. The average Bonchev–Trinajstić information content (AvgIpc) is 3.35. The maximum absolute atomic E-state index is 11.2. The number of nitrogens with zero attached hydrogens (tertiary/aromatic N) is 2. The third-order valence-electron chi connectivity index (χ3n) is 5.15. The largest absolute Gasteiger partial charge is 0.748 e. The Bertz CT molecular complexity index is 1500. The molecule has 0 fully saturated rings. The number of anilines is 1. The summed E-state index contributed by atoms with van der Waals surface area (Å²) in [4.78, 5) is 2.04. The van der Waals surface area contributed by atoms with Crippen LogP contribution in [0.1, 0.15) is 24.3 Å². The molecule has 1 aliphatic rings. The van der Waals surface area contributed by atoms with Gasteiger partial charge in [0.1, 0.15) is 4.70 Å². The molecule has 0 amide bonds. The van der Waals surface area contributed by atoms with Crippen molar-refractivity contribution in [3.05, 3.63) is 43.1 Å². The molecule has 3 aromatic rings. The summed E-state index contributed by atoms with van der Waals surface area (Å²) in [5.41, 5.74) is 1.89. The summed E-state index contributed by atoms with van der Waals surface area (Å²) in [7, 11) is -8.32. The van der Waals surface area contributed by atoms with Crippen molar-refractivity contribution in [3.8, 4) is 0 Å². The highest BCUT2D eigenvalue weighted by atomic mass is 79.9. The van der Waals surface area contributed by atoms with Gasteiger partial charge in [0, 0.05) is 29.8 Å². The lowest BCUT2D eigenvalue weighted by atomic mass is 10.3. The quantitative estimate of drug-likeness (QED) is 0.180. The maximum Gasteiger partial charge on any atom is 0.265 e. The number of thioether (sulfide) groups is 1. The Kier molecular flexibility index (Phi) is 8.55. The van der Waals surface area contributed by atoms with E-state index in [9.17, 15) is 21.4 Å². The second kappa shape index (κ2) is 11.0. The number of unbranched alkanes of at least 4 members (excludes halogenated alkanes) is 1. The van der Waals surface area contributed by atoms with Gasteiger partial charge in [-0.15, -0.1) is 11.3 Å². The standard InChI is InChI=1S/C20H20BrClN2O6S5/c21-17-11-15-20(32-17)33-19(24(15)7-3-9-35(28,29)30)12-18-23(6-1-2-8-34(25,26)27)14-10-13(22)4-5-16(14)31-18/h4-5,10-12H,1-3,6-9H2,(H-,25,26,27,28,29,30). The molecular formula is C20H20BrClN2O6S5. The van der Waals surface area contributed by atoms with E-state index in [1.54, 1.807) is 34.4 Å². The number of benzene rings is 1. The highest BCUT2D eigenvalue weighted by Crippen LogP contribution is 2.52. The summed E-state index contributed by atoms with van der Waals surface area (Å²) < 4.78 is 69.7. The van der Waals surface area contributed by atoms with Crippen LogP contribution >= 0.6 is 62.0 Å². The van der Waals surface area contributed by atoms with E-state index in [1.807, 2.05) is 35.2 Å². The minimum Gasteiger partial charge on any atom is -0.748 e. The number of thiazole rings is 1. The zero-order valence-corrected chi connectivity index (χ0v) is 24.4. The van der Waals surface area contributed by atoms with Gasteiger partial charge in [-0.3, -0.25) is 4.55 Å². The predicted octanol–water partition coefficient (Wildman–Crippen LogP) is 5.18. The fourth-order valence-electron chi connectivity index (χ4n) is 3.68. The van der Waals surface area contributed by atoms with Crippen LogP contribution in [-0.4, -0.2) is 44.0 Å². The van der Waals surface area contributed by atoms with Crippen molar-refractivity contribution in [1.82, 2.24) is 0 Å². The number of aromatic nitrogens is 1. The van der Waals surface area contributed by atoms with Crippen LogP contribution in [0.3, 0.4) is 0 Å². The first kappa shape index (κ1) is 27.3. The van der Waals surface area contributed by atoms with Gasteiger partial charge in [0.25, 0.3) is 15.1 Å². The maximum atomic E-state index is 11.2. The Morgan fingerprint density at radius 3 is 2.60 bits per heavy atom. The molecule has 0 radical (unpaired) electrons. The fourth-order valence-corrected chi connectivity index (χ4v) is 9.35. The molecular weight excluding hydrogens is 640 g/mol. The van der Waals surface area contributed by atoms with E-state index in [0.29, 0.717) is 24.5 Å². The van der Waals surface area contributed by atoms with Crippen molar-refractivity contribution >= 4 is 104 Å². The number of rotatable bonds is 10. The molecule has 1 aromatic carbocycles. The SMILES string of the molecule is O=S(=O)([O-])CCCC[n+]1c(C=C2Sc3sc(Br)cc3N2CCCS(=O)(=O)O)sc2ccc(Cl)cc21. The Hall–Kier alpha value is -0.710. The summed E-state index contributed by atoms with van der Waals surface area (Å²) in [5.74, 6) is -0.731. The summed E-state index contributed by atoms with van der Waals surface area (Å²) in [6.45, 7) is 0.919. The molecule has 4 rings (SSSR count). The van der Waals surface area contributed by atoms with E-state index in [2.05, 4.69) is 20.5 Å². The highest BCUT2D eigenvalue weighted by Gasteiger charge is 2.30. The first-order valence-corrected chi connectivity index (χ1v) is 17.2. The first-order valence-electron chi connectivity index (χ1n) is 10.4. The molecule has 1 N–H and O–H groups in total. The number of aryl methyl sites for hydroxylation is 1. The van der Waals surface area contributed by atoms with Gasteiger partial charge in [-0.2, -0.15) is 13.0 Å². The Balaban J connectivity index is 1.66. The number of thiophene rings is 1. The van der Waals surface area contributed by atoms with Crippen LogP contribution in [-0.2, 0) is 26.8 Å². The molecule has 2 aromatic heterocycles. The second-order valence-corrected chi connectivity index (χ2v) is 16.1. The summed E-state index contributed by atoms with van der Waals surface area (Å²) in [5, 5.41) is 2.42. The van der Waals surface area contributed by atoms with Crippen LogP contribution in [0.2, 0.25) is 5.02 Å². The van der Waals surface area contributed by atoms with Crippen LogP contribution in [0.15, 0.2) is 37.3 Å².